The van der Waals surface area contributed by atoms with Gasteiger partial charge in [-0.3, -0.25) is 9.69 Å². The SMILES string of the molecule is Cc1ccc(S(=O)(=O)NC(Cc2ccccc2)C(=O)Nc2cccc(C3OC(CN4CCCC4CO)CC(c4ccc(CO)cc4)O3)c2)cc1. The lowest BCUT2D eigenvalue weighted by Crippen LogP contribution is -2.45. The minimum Gasteiger partial charge on any atom is -0.395 e. The average molecular weight is 700 g/mol. The van der Waals surface area contributed by atoms with Gasteiger partial charge in [0.15, 0.2) is 6.29 Å². The molecule has 4 aromatic rings. The number of carbonyl (C=O) groups excluding carboxylic acids is 1. The third kappa shape index (κ3) is 9.04. The van der Waals surface area contributed by atoms with Gasteiger partial charge in [0, 0.05) is 30.3 Å². The normalized spacial score (nSPS) is 21.9. The fourth-order valence-corrected chi connectivity index (χ4v) is 7.84. The van der Waals surface area contributed by atoms with Crippen LogP contribution in [0.3, 0.4) is 0 Å². The number of hydrogen-bond donors (Lipinski definition) is 4. The number of benzene rings is 4. The molecule has 50 heavy (non-hydrogen) atoms. The van der Waals surface area contributed by atoms with Crippen molar-refractivity contribution in [1.82, 2.24) is 9.62 Å². The molecule has 0 spiro atoms. The molecule has 0 aromatic heterocycles. The minimum atomic E-state index is -4.00. The number of aliphatic hydroxyl groups excluding tert-OH is 2. The van der Waals surface area contributed by atoms with Crippen molar-refractivity contribution in [3.63, 3.8) is 0 Å². The Bertz CT molecular complexity index is 1820. The Balaban J connectivity index is 1.22. The summed E-state index contributed by atoms with van der Waals surface area (Å²) in [6, 6.07) is 29.7. The van der Waals surface area contributed by atoms with Crippen molar-refractivity contribution in [2.24, 2.45) is 0 Å². The summed E-state index contributed by atoms with van der Waals surface area (Å²) >= 11 is 0. The van der Waals surface area contributed by atoms with E-state index in [0.717, 1.165) is 41.6 Å². The topological polar surface area (TPSA) is 137 Å². The summed E-state index contributed by atoms with van der Waals surface area (Å²) in [4.78, 5) is 16.2. The zero-order valence-electron chi connectivity index (χ0n) is 28.1. The van der Waals surface area contributed by atoms with Crippen LogP contribution >= 0.6 is 0 Å². The molecule has 2 aliphatic rings. The Morgan fingerprint density at radius 3 is 2.38 bits per heavy atom. The lowest BCUT2D eigenvalue weighted by Gasteiger charge is -2.38. The highest BCUT2D eigenvalue weighted by Gasteiger charge is 2.35. The summed E-state index contributed by atoms with van der Waals surface area (Å²) in [6.07, 6.45) is 1.52. The van der Waals surface area contributed by atoms with Crippen molar-refractivity contribution < 1.29 is 32.9 Å². The molecule has 0 aliphatic carbocycles. The van der Waals surface area contributed by atoms with Crippen LogP contribution < -0.4 is 10.0 Å². The van der Waals surface area contributed by atoms with Gasteiger partial charge in [-0.2, -0.15) is 4.72 Å². The number of nitrogens with zero attached hydrogens (tertiary/aromatic N) is 1. The Labute approximate surface area is 294 Å². The molecule has 1 amide bonds. The number of sulfonamides is 1. The number of carbonyl (C=O) groups is 1. The number of likely N-dealkylation sites (tertiary alicyclic amines) is 1. The second-order valence-electron chi connectivity index (χ2n) is 13.1. The second-order valence-corrected chi connectivity index (χ2v) is 14.8. The predicted molar refractivity (Wildman–Crippen MR) is 191 cm³/mol. The van der Waals surface area contributed by atoms with E-state index in [-0.39, 0.29) is 42.8 Å². The molecular formula is C39H45N3O7S. The van der Waals surface area contributed by atoms with Crippen LogP contribution in [0.25, 0.3) is 0 Å². The number of anilines is 1. The van der Waals surface area contributed by atoms with Gasteiger partial charge >= 0.3 is 0 Å². The minimum absolute atomic E-state index is 0.0458. The van der Waals surface area contributed by atoms with Gasteiger partial charge in [0.1, 0.15) is 6.04 Å². The molecule has 10 nitrogen and oxygen atoms in total. The molecular weight excluding hydrogens is 655 g/mol. The maximum Gasteiger partial charge on any atom is 0.242 e. The number of nitrogens with one attached hydrogen (secondary N) is 2. The van der Waals surface area contributed by atoms with Gasteiger partial charge in [-0.1, -0.05) is 84.4 Å². The Morgan fingerprint density at radius 1 is 0.900 bits per heavy atom. The highest BCUT2D eigenvalue weighted by Crippen LogP contribution is 2.39. The van der Waals surface area contributed by atoms with Gasteiger partial charge < -0.3 is 25.0 Å². The first-order valence-electron chi connectivity index (χ1n) is 17.1. The standard InChI is InChI=1S/C39H45N3O7S/c1-27-12-18-35(19-13-27)50(46,47)41-36(21-28-7-3-2-4-8-28)38(45)40-32-10-5-9-31(22-32)39-48-34(24-42-20-6-11-33(42)26-44)23-37(49-39)30-16-14-29(25-43)15-17-30/h2-5,7-10,12-19,22,33-34,36-37,39,41,43-44H,6,11,20-21,23-26H2,1H3,(H,40,45). The van der Waals surface area contributed by atoms with Crippen molar-refractivity contribution in [3.8, 4) is 0 Å². The molecule has 0 radical (unpaired) electrons. The fourth-order valence-electron chi connectivity index (χ4n) is 6.64. The largest absolute Gasteiger partial charge is 0.395 e. The third-order valence-corrected chi connectivity index (χ3v) is 10.9. The van der Waals surface area contributed by atoms with Crippen LogP contribution in [-0.2, 0) is 37.3 Å². The summed E-state index contributed by atoms with van der Waals surface area (Å²) in [5, 5.41) is 22.4. The number of aliphatic hydroxyl groups is 2. The Hall–Kier alpha value is -3.94. The Morgan fingerprint density at radius 2 is 1.66 bits per heavy atom. The van der Waals surface area contributed by atoms with Gasteiger partial charge in [-0.15, -0.1) is 0 Å². The molecule has 0 bridgehead atoms. The molecule has 4 N–H and O–H groups in total. The van der Waals surface area contributed by atoms with Crippen LogP contribution in [0.2, 0.25) is 0 Å². The van der Waals surface area contributed by atoms with Gasteiger partial charge in [-0.05, 0) is 73.7 Å². The molecule has 2 saturated heterocycles. The van der Waals surface area contributed by atoms with Crippen molar-refractivity contribution in [3.05, 3.63) is 131 Å². The van der Waals surface area contributed by atoms with Crippen molar-refractivity contribution >= 4 is 21.6 Å². The predicted octanol–water partition coefficient (Wildman–Crippen LogP) is 5.02. The summed E-state index contributed by atoms with van der Waals surface area (Å²) in [5.74, 6) is -0.504. The van der Waals surface area contributed by atoms with Gasteiger partial charge in [-0.25, -0.2) is 8.42 Å². The van der Waals surface area contributed by atoms with E-state index in [1.807, 2.05) is 67.6 Å². The van der Waals surface area contributed by atoms with Crippen LogP contribution in [0.1, 0.15) is 59.5 Å². The zero-order chi connectivity index (χ0) is 35.1. The van der Waals surface area contributed by atoms with E-state index in [1.165, 1.54) is 12.1 Å². The molecule has 2 aliphatic heterocycles. The quantitative estimate of drug-likeness (QED) is 0.153. The van der Waals surface area contributed by atoms with E-state index < -0.39 is 28.3 Å². The molecule has 4 aromatic carbocycles. The smallest absolute Gasteiger partial charge is 0.242 e. The van der Waals surface area contributed by atoms with Crippen LogP contribution in [0.4, 0.5) is 5.69 Å². The highest BCUT2D eigenvalue weighted by atomic mass is 32.2. The Kier molecular flexibility index (Phi) is 11.8. The summed E-state index contributed by atoms with van der Waals surface area (Å²) < 4.78 is 42.5. The third-order valence-electron chi connectivity index (χ3n) is 9.42. The van der Waals surface area contributed by atoms with Crippen LogP contribution in [0, 0.1) is 6.92 Å². The first kappa shape index (κ1) is 35.9. The van der Waals surface area contributed by atoms with Crippen molar-refractivity contribution in [2.75, 3.05) is 25.0 Å². The van der Waals surface area contributed by atoms with Crippen LogP contribution in [0.15, 0.2) is 108 Å². The molecule has 5 unspecified atom stereocenters. The first-order valence-corrected chi connectivity index (χ1v) is 18.6. The molecule has 264 valence electrons. The molecule has 6 rings (SSSR count). The van der Waals surface area contributed by atoms with E-state index >= 15 is 0 Å². The monoisotopic (exact) mass is 699 g/mol. The van der Waals surface area contributed by atoms with E-state index in [0.29, 0.717) is 24.2 Å². The summed E-state index contributed by atoms with van der Waals surface area (Å²) in [5.41, 5.74) is 4.68. The lowest BCUT2D eigenvalue weighted by atomic mass is 9.99. The molecule has 2 fully saturated rings. The second kappa shape index (κ2) is 16.4. The molecule has 0 saturated carbocycles. The number of hydrogen-bond acceptors (Lipinski definition) is 8. The van der Waals surface area contributed by atoms with Gasteiger partial charge in [0.25, 0.3) is 0 Å². The number of rotatable bonds is 13. The fraction of sp³-hybridized carbons (Fsp3) is 0.359. The zero-order valence-corrected chi connectivity index (χ0v) is 29.0. The molecule has 5 atom stereocenters. The van der Waals surface area contributed by atoms with Gasteiger partial charge in [0.2, 0.25) is 15.9 Å². The van der Waals surface area contributed by atoms with Crippen LogP contribution in [0.5, 0.6) is 0 Å². The number of amides is 1. The first-order chi connectivity index (χ1) is 24.2. The maximum absolute atomic E-state index is 13.8. The number of aryl methyl sites for hydroxylation is 1. The maximum atomic E-state index is 13.8. The number of ether oxygens (including phenoxy) is 2. The van der Waals surface area contributed by atoms with E-state index in [4.69, 9.17) is 9.47 Å². The van der Waals surface area contributed by atoms with Gasteiger partial charge in [0.05, 0.1) is 30.3 Å². The van der Waals surface area contributed by atoms with Crippen molar-refractivity contribution in [1.29, 1.82) is 0 Å². The van der Waals surface area contributed by atoms with Crippen molar-refractivity contribution in [2.45, 2.75) is 74.7 Å². The highest BCUT2D eigenvalue weighted by molar-refractivity contribution is 7.89. The molecule has 2 heterocycles. The summed E-state index contributed by atoms with van der Waals surface area (Å²) in [7, 11) is -4.00. The van der Waals surface area contributed by atoms with E-state index in [9.17, 15) is 23.4 Å². The van der Waals surface area contributed by atoms with E-state index in [1.54, 1.807) is 30.3 Å². The summed E-state index contributed by atoms with van der Waals surface area (Å²) in [6.45, 7) is 3.48. The average Bonchev–Trinajstić information content (AvgIpc) is 3.59. The molecule has 11 heteroatoms. The van der Waals surface area contributed by atoms with E-state index in [2.05, 4.69) is 14.9 Å². The van der Waals surface area contributed by atoms with Crippen LogP contribution in [-0.4, -0.2) is 67.3 Å². The lowest BCUT2D eigenvalue weighted by molar-refractivity contribution is -0.253.